The maximum Gasteiger partial charge on any atom is 0.244 e. The number of hydrogen-bond acceptors (Lipinski definition) is 3. The van der Waals surface area contributed by atoms with Crippen LogP contribution in [-0.4, -0.2) is 48.2 Å². The molecule has 0 bridgehead atoms. The number of para-hydroxylation sites is 1. The number of rotatable bonds is 3. The summed E-state index contributed by atoms with van der Waals surface area (Å²) in [6, 6.07) is 9.67. The molecular formula is C14H20N2O2. The molecule has 1 aliphatic rings. The molecule has 0 aliphatic carbocycles. The first-order valence-electron chi connectivity index (χ1n) is 6.34. The average Bonchev–Trinajstić information content (AvgIpc) is 2.35. The number of carbonyl (C=O) groups excluding carboxylic acids is 1. The van der Waals surface area contributed by atoms with Gasteiger partial charge in [-0.15, -0.1) is 0 Å². The molecule has 2 rings (SSSR count). The Morgan fingerprint density at radius 3 is 2.61 bits per heavy atom. The molecular weight excluding hydrogens is 228 g/mol. The Bertz CT molecular complexity index is 408. The Morgan fingerprint density at radius 2 is 2.00 bits per heavy atom. The van der Waals surface area contributed by atoms with Crippen LogP contribution in [0, 0.1) is 0 Å². The zero-order valence-electron chi connectivity index (χ0n) is 10.9. The number of hydrogen-bond donors (Lipinski definition) is 1. The van der Waals surface area contributed by atoms with Crippen molar-refractivity contribution in [2.24, 2.45) is 0 Å². The van der Waals surface area contributed by atoms with E-state index in [1.807, 2.05) is 47.2 Å². The van der Waals surface area contributed by atoms with Gasteiger partial charge in [0.15, 0.2) is 0 Å². The van der Waals surface area contributed by atoms with Crippen LogP contribution in [0.4, 0.5) is 5.69 Å². The van der Waals surface area contributed by atoms with E-state index in [9.17, 15) is 4.79 Å². The predicted octanol–water partition coefficient (Wildman–Crippen LogP) is 1.10. The van der Waals surface area contributed by atoms with Gasteiger partial charge in [-0.05, 0) is 32.5 Å². The van der Waals surface area contributed by atoms with Crippen molar-refractivity contribution < 1.29 is 9.90 Å². The van der Waals surface area contributed by atoms with Gasteiger partial charge in [0.1, 0.15) is 0 Å². The third kappa shape index (κ3) is 2.40. The van der Waals surface area contributed by atoms with Gasteiger partial charge in [-0.2, -0.15) is 0 Å². The van der Waals surface area contributed by atoms with E-state index in [4.69, 9.17) is 5.11 Å². The van der Waals surface area contributed by atoms with E-state index in [0.29, 0.717) is 6.42 Å². The summed E-state index contributed by atoms with van der Waals surface area (Å²) >= 11 is 0. The molecule has 18 heavy (non-hydrogen) atoms. The molecule has 1 heterocycles. The van der Waals surface area contributed by atoms with Gasteiger partial charge in [0.25, 0.3) is 0 Å². The molecule has 1 aromatic rings. The van der Waals surface area contributed by atoms with Gasteiger partial charge < -0.3 is 10.0 Å². The van der Waals surface area contributed by atoms with E-state index >= 15 is 0 Å². The molecule has 2 atom stereocenters. The third-order valence-electron chi connectivity index (χ3n) is 3.48. The first kappa shape index (κ1) is 13.1. The minimum atomic E-state index is -0.216. The maximum absolute atomic E-state index is 12.5. The van der Waals surface area contributed by atoms with E-state index in [1.165, 1.54) is 0 Å². The quantitative estimate of drug-likeness (QED) is 0.871. The number of benzene rings is 1. The number of aliphatic hydroxyl groups excluding tert-OH is 1. The molecule has 2 unspecified atom stereocenters. The summed E-state index contributed by atoms with van der Waals surface area (Å²) in [6.45, 7) is 2.92. The van der Waals surface area contributed by atoms with Crippen molar-refractivity contribution in [1.29, 1.82) is 0 Å². The summed E-state index contributed by atoms with van der Waals surface area (Å²) in [5.74, 6) is 0.0801. The first-order chi connectivity index (χ1) is 8.65. The SMILES string of the molecule is CC1CN(C)C(CCO)C(=O)N1c1ccccc1. The Labute approximate surface area is 108 Å². The van der Waals surface area contributed by atoms with Crippen molar-refractivity contribution in [2.45, 2.75) is 25.4 Å². The molecule has 1 N–H and O–H groups in total. The van der Waals surface area contributed by atoms with Gasteiger partial charge in [-0.3, -0.25) is 9.69 Å². The standard InChI is InChI=1S/C14H20N2O2/c1-11-10-15(2)13(8-9-17)14(18)16(11)12-6-4-3-5-7-12/h3-7,11,13,17H,8-10H2,1-2H3. The van der Waals surface area contributed by atoms with Crippen LogP contribution in [0.5, 0.6) is 0 Å². The fourth-order valence-corrected chi connectivity index (χ4v) is 2.63. The molecule has 98 valence electrons. The minimum absolute atomic E-state index is 0.0394. The molecule has 0 saturated carbocycles. The lowest BCUT2D eigenvalue weighted by atomic mass is 10.0. The zero-order valence-corrected chi connectivity index (χ0v) is 10.9. The van der Waals surface area contributed by atoms with Crippen LogP contribution in [0.25, 0.3) is 0 Å². The molecule has 1 aromatic carbocycles. The normalized spacial score (nSPS) is 25.5. The van der Waals surface area contributed by atoms with Crippen LogP contribution in [0.1, 0.15) is 13.3 Å². The molecule has 1 aliphatic heterocycles. The van der Waals surface area contributed by atoms with Gasteiger partial charge in [-0.1, -0.05) is 18.2 Å². The topological polar surface area (TPSA) is 43.8 Å². The summed E-state index contributed by atoms with van der Waals surface area (Å²) in [5.41, 5.74) is 0.936. The highest BCUT2D eigenvalue weighted by molar-refractivity contribution is 5.98. The first-order valence-corrected chi connectivity index (χ1v) is 6.34. The lowest BCUT2D eigenvalue weighted by molar-refractivity contribution is -0.126. The summed E-state index contributed by atoms with van der Waals surface area (Å²) < 4.78 is 0. The van der Waals surface area contributed by atoms with Gasteiger partial charge >= 0.3 is 0 Å². The predicted molar refractivity (Wildman–Crippen MR) is 71.5 cm³/mol. The number of piperazine rings is 1. The monoisotopic (exact) mass is 248 g/mol. The number of anilines is 1. The Kier molecular flexibility index (Phi) is 3.99. The molecule has 0 spiro atoms. The number of carbonyl (C=O) groups is 1. The largest absolute Gasteiger partial charge is 0.396 e. The average molecular weight is 248 g/mol. The van der Waals surface area contributed by atoms with Gasteiger partial charge in [0.05, 0.1) is 6.04 Å². The van der Waals surface area contributed by atoms with Crippen LogP contribution in [-0.2, 0) is 4.79 Å². The van der Waals surface area contributed by atoms with Crippen molar-refractivity contribution in [2.75, 3.05) is 25.1 Å². The molecule has 1 saturated heterocycles. The van der Waals surface area contributed by atoms with E-state index in [-0.39, 0.29) is 24.6 Å². The molecule has 1 amide bonds. The summed E-state index contributed by atoms with van der Waals surface area (Å²) in [7, 11) is 1.94. The highest BCUT2D eigenvalue weighted by Gasteiger charge is 2.36. The second-order valence-corrected chi connectivity index (χ2v) is 4.86. The second kappa shape index (κ2) is 5.50. The number of aliphatic hydroxyl groups is 1. The number of nitrogens with zero attached hydrogens (tertiary/aromatic N) is 2. The maximum atomic E-state index is 12.5. The molecule has 1 fully saturated rings. The smallest absolute Gasteiger partial charge is 0.244 e. The molecule has 4 nitrogen and oxygen atoms in total. The van der Waals surface area contributed by atoms with Crippen molar-refractivity contribution in [3.63, 3.8) is 0 Å². The lowest BCUT2D eigenvalue weighted by Gasteiger charge is -2.43. The van der Waals surface area contributed by atoms with Crippen molar-refractivity contribution in [3.8, 4) is 0 Å². The van der Waals surface area contributed by atoms with E-state index < -0.39 is 0 Å². The van der Waals surface area contributed by atoms with Crippen molar-refractivity contribution in [3.05, 3.63) is 30.3 Å². The summed E-state index contributed by atoms with van der Waals surface area (Å²) in [6.07, 6.45) is 0.491. The number of amides is 1. The van der Waals surface area contributed by atoms with Gasteiger partial charge in [0.2, 0.25) is 5.91 Å². The van der Waals surface area contributed by atoms with E-state index in [1.54, 1.807) is 0 Å². The second-order valence-electron chi connectivity index (χ2n) is 4.86. The van der Waals surface area contributed by atoms with Gasteiger partial charge in [0, 0.05) is 24.9 Å². The van der Waals surface area contributed by atoms with Crippen LogP contribution in [0.2, 0.25) is 0 Å². The van der Waals surface area contributed by atoms with E-state index in [0.717, 1.165) is 12.2 Å². The van der Waals surface area contributed by atoms with Crippen LogP contribution < -0.4 is 4.90 Å². The highest BCUT2D eigenvalue weighted by atomic mass is 16.3. The number of likely N-dealkylation sites (N-methyl/N-ethyl adjacent to an activating group) is 1. The highest BCUT2D eigenvalue weighted by Crippen LogP contribution is 2.24. The third-order valence-corrected chi connectivity index (χ3v) is 3.48. The summed E-state index contributed by atoms with van der Waals surface area (Å²) in [4.78, 5) is 16.4. The van der Waals surface area contributed by atoms with Crippen molar-refractivity contribution >= 4 is 11.6 Å². The molecule has 4 heteroatoms. The van der Waals surface area contributed by atoms with Crippen LogP contribution >= 0.6 is 0 Å². The molecule has 0 radical (unpaired) electrons. The lowest BCUT2D eigenvalue weighted by Crippen LogP contribution is -2.60. The van der Waals surface area contributed by atoms with E-state index in [2.05, 4.69) is 6.92 Å². The van der Waals surface area contributed by atoms with Gasteiger partial charge in [-0.25, -0.2) is 0 Å². The summed E-state index contributed by atoms with van der Waals surface area (Å²) in [5, 5.41) is 9.08. The zero-order chi connectivity index (χ0) is 13.1. The Balaban J connectivity index is 2.26. The fourth-order valence-electron chi connectivity index (χ4n) is 2.63. The van der Waals surface area contributed by atoms with Crippen LogP contribution in [0.3, 0.4) is 0 Å². The minimum Gasteiger partial charge on any atom is -0.396 e. The fraction of sp³-hybridized carbons (Fsp3) is 0.500. The van der Waals surface area contributed by atoms with Crippen LogP contribution in [0.15, 0.2) is 30.3 Å². The Morgan fingerprint density at radius 1 is 1.33 bits per heavy atom. The Hall–Kier alpha value is -1.39. The van der Waals surface area contributed by atoms with Crippen molar-refractivity contribution in [1.82, 2.24) is 4.90 Å². The molecule has 0 aromatic heterocycles.